The van der Waals surface area contributed by atoms with E-state index >= 15 is 0 Å². The molecule has 2 fully saturated rings. The number of hydrogen-bond acceptors (Lipinski definition) is 7. The lowest BCUT2D eigenvalue weighted by molar-refractivity contribution is -0.163. The number of aliphatic hydroxyl groups is 1. The highest BCUT2D eigenvalue weighted by atomic mass is 32.2. The first-order chi connectivity index (χ1) is 14.3. The Hall–Kier alpha value is -2.30. The van der Waals surface area contributed by atoms with Gasteiger partial charge in [0, 0.05) is 22.6 Å². The molecule has 4 N–H and O–H groups in total. The van der Waals surface area contributed by atoms with Gasteiger partial charge in [-0.05, 0) is 25.5 Å². The number of carboxylic acid groups (broad SMARTS) is 1. The largest absolute Gasteiger partial charge is 0.477 e. The Balaban J connectivity index is 1.41. The normalized spacial score (nSPS) is 31.5. The van der Waals surface area contributed by atoms with Crippen LogP contribution in [-0.2, 0) is 20.9 Å². The number of nitrogens with zero attached hydrogens (tertiary/aromatic N) is 1. The van der Waals surface area contributed by atoms with Crippen LogP contribution in [0.2, 0.25) is 0 Å². The molecule has 0 bridgehead atoms. The van der Waals surface area contributed by atoms with Crippen LogP contribution in [0.5, 0.6) is 0 Å². The summed E-state index contributed by atoms with van der Waals surface area (Å²) in [5.41, 5.74) is 0.0186. The van der Waals surface area contributed by atoms with Crippen molar-refractivity contribution in [3.05, 3.63) is 34.8 Å². The summed E-state index contributed by atoms with van der Waals surface area (Å²) < 4.78 is 5.21. The molecule has 1 aromatic rings. The highest BCUT2D eigenvalue weighted by Gasteiger charge is 2.60. The van der Waals surface area contributed by atoms with Crippen LogP contribution in [0.3, 0.4) is 0 Å². The Morgan fingerprint density at radius 1 is 1.47 bits per heavy atom. The predicted molar refractivity (Wildman–Crippen MR) is 108 cm³/mol. The van der Waals surface area contributed by atoms with Crippen LogP contribution < -0.4 is 10.6 Å². The monoisotopic (exact) mass is 435 g/mol. The number of β-lactam (4-membered cyclic amide) rings is 1. The maximum atomic E-state index is 12.4. The van der Waals surface area contributed by atoms with Gasteiger partial charge in [0.05, 0.1) is 36.9 Å². The number of hydrogen-bond donors (Lipinski definition) is 4. The van der Waals surface area contributed by atoms with Crippen LogP contribution in [0.25, 0.3) is 0 Å². The van der Waals surface area contributed by atoms with E-state index in [1.165, 1.54) is 16.7 Å². The predicted octanol–water partition coefficient (Wildman–Crippen LogP) is 0.513. The molecular formula is C20H25N3O6S. The highest BCUT2D eigenvalue weighted by molar-refractivity contribution is 8.03. The average Bonchev–Trinajstić information content (AvgIpc) is 3.40. The Bertz CT molecular complexity index is 883. The van der Waals surface area contributed by atoms with Crippen LogP contribution in [0.4, 0.5) is 0 Å². The summed E-state index contributed by atoms with van der Waals surface area (Å²) in [6.45, 7) is 4.33. The van der Waals surface area contributed by atoms with E-state index in [9.17, 15) is 24.6 Å². The first kappa shape index (κ1) is 21.0. The van der Waals surface area contributed by atoms with Crippen molar-refractivity contribution in [3.63, 3.8) is 0 Å². The van der Waals surface area contributed by atoms with Crippen LogP contribution in [0, 0.1) is 11.8 Å². The first-order valence-corrected chi connectivity index (χ1v) is 10.9. The number of amides is 2. The molecule has 30 heavy (non-hydrogen) atoms. The number of aliphatic hydroxyl groups excluding tert-OH is 1. The van der Waals surface area contributed by atoms with E-state index in [4.69, 9.17) is 4.42 Å². The summed E-state index contributed by atoms with van der Waals surface area (Å²) >= 11 is 1.42. The summed E-state index contributed by atoms with van der Waals surface area (Å²) in [6.07, 6.45) is 1.28. The van der Waals surface area contributed by atoms with Crippen molar-refractivity contribution >= 4 is 29.5 Å². The van der Waals surface area contributed by atoms with E-state index in [0.29, 0.717) is 30.2 Å². The van der Waals surface area contributed by atoms with Crippen molar-refractivity contribution in [1.29, 1.82) is 0 Å². The second-order valence-electron chi connectivity index (χ2n) is 8.01. The minimum Gasteiger partial charge on any atom is -0.477 e. The number of furan rings is 1. The molecule has 4 heterocycles. The molecule has 4 rings (SSSR count). The molecule has 10 heteroatoms. The first-order valence-electron chi connectivity index (χ1n) is 9.98. The molecule has 2 amide bonds. The third-order valence-electron chi connectivity index (χ3n) is 6.03. The zero-order chi connectivity index (χ0) is 21.6. The lowest BCUT2D eigenvalue weighted by Gasteiger charge is -2.46. The number of nitrogens with one attached hydrogen (secondary N) is 2. The number of aliphatic carboxylic acids is 1. The van der Waals surface area contributed by atoms with E-state index in [1.807, 2.05) is 6.92 Å². The molecule has 0 aliphatic carbocycles. The average molecular weight is 436 g/mol. The van der Waals surface area contributed by atoms with Gasteiger partial charge in [-0.25, -0.2) is 4.79 Å². The molecule has 0 spiro atoms. The van der Waals surface area contributed by atoms with Crippen molar-refractivity contribution in [1.82, 2.24) is 15.5 Å². The smallest absolute Gasteiger partial charge is 0.353 e. The van der Waals surface area contributed by atoms with Crippen molar-refractivity contribution in [2.75, 3.05) is 6.54 Å². The molecule has 0 radical (unpaired) electrons. The standard InChI is InChI=1S/C20H25N3O6S/c1-9-15-14(10(2)24)19(26)23(15)16(20(27)28)17(9)30-12-6-13(21-8-12)18(25)22-7-11-4-3-5-29-11/h3-5,9-10,12-15,21,24H,6-8H2,1-2H3,(H,22,25)(H,27,28)/t9-,10+,12+,13+,14-,15?/m1/s1. The van der Waals surface area contributed by atoms with Crippen LogP contribution in [0.15, 0.2) is 33.4 Å². The Kier molecular flexibility index (Phi) is 5.65. The molecule has 0 aromatic carbocycles. The molecular weight excluding hydrogens is 410 g/mol. The van der Waals surface area contributed by atoms with Gasteiger partial charge in [0.25, 0.3) is 0 Å². The summed E-state index contributed by atoms with van der Waals surface area (Å²) in [6, 6.07) is 2.85. The minimum absolute atomic E-state index is 0.00923. The van der Waals surface area contributed by atoms with Gasteiger partial charge in [-0.1, -0.05) is 6.92 Å². The van der Waals surface area contributed by atoms with Crippen molar-refractivity contribution < 1.29 is 29.0 Å². The summed E-state index contributed by atoms with van der Waals surface area (Å²) in [5, 5.41) is 25.7. The lowest BCUT2D eigenvalue weighted by Crippen LogP contribution is -2.63. The third kappa shape index (κ3) is 3.52. The molecule has 3 aliphatic rings. The van der Waals surface area contributed by atoms with Gasteiger partial charge >= 0.3 is 5.97 Å². The fourth-order valence-electron chi connectivity index (χ4n) is 4.56. The van der Waals surface area contributed by atoms with E-state index in [1.54, 1.807) is 25.3 Å². The SMILES string of the molecule is C[C@H](O)[C@H]1C(=O)N2C(C(=O)O)=C(S[C@@H]3CN[C@H](C(=O)NCc4ccco4)C3)[C@H](C)C12. The van der Waals surface area contributed by atoms with Gasteiger partial charge in [-0.15, -0.1) is 11.8 Å². The van der Waals surface area contributed by atoms with Crippen LogP contribution in [0.1, 0.15) is 26.0 Å². The zero-order valence-corrected chi connectivity index (χ0v) is 17.5. The van der Waals surface area contributed by atoms with E-state index < -0.39 is 18.0 Å². The van der Waals surface area contributed by atoms with E-state index in [-0.39, 0.29) is 40.8 Å². The highest BCUT2D eigenvalue weighted by Crippen LogP contribution is 2.51. The van der Waals surface area contributed by atoms with Crippen LogP contribution in [-0.4, -0.2) is 62.9 Å². The molecule has 0 saturated carbocycles. The number of fused-ring (bicyclic) bond motifs is 1. The van der Waals surface area contributed by atoms with Crippen molar-refractivity contribution in [3.8, 4) is 0 Å². The maximum Gasteiger partial charge on any atom is 0.353 e. The molecule has 2 saturated heterocycles. The van der Waals surface area contributed by atoms with Gasteiger partial charge in [0.1, 0.15) is 11.5 Å². The van der Waals surface area contributed by atoms with Gasteiger partial charge in [-0.2, -0.15) is 0 Å². The van der Waals surface area contributed by atoms with Gasteiger partial charge < -0.3 is 30.2 Å². The van der Waals surface area contributed by atoms with Gasteiger partial charge in [-0.3, -0.25) is 9.59 Å². The zero-order valence-electron chi connectivity index (χ0n) is 16.7. The maximum absolute atomic E-state index is 12.4. The topological polar surface area (TPSA) is 132 Å². The fourth-order valence-corrected chi connectivity index (χ4v) is 6.04. The second kappa shape index (κ2) is 8.09. The third-order valence-corrected chi connectivity index (χ3v) is 7.54. The fraction of sp³-hybridized carbons (Fsp3) is 0.550. The number of carboxylic acids is 1. The Morgan fingerprint density at radius 2 is 2.23 bits per heavy atom. The quantitative estimate of drug-likeness (QED) is 0.456. The summed E-state index contributed by atoms with van der Waals surface area (Å²) in [5.74, 6) is -1.68. The number of carbonyl (C=O) groups excluding carboxylic acids is 2. The minimum atomic E-state index is -1.14. The number of carbonyl (C=O) groups is 3. The van der Waals surface area contributed by atoms with Gasteiger partial charge in [0.2, 0.25) is 11.8 Å². The Morgan fingerprint density at radius 3 is 2.87 bits per heavy atom. The van der Waals surface area contributed by atoms with Crippen LogP contribution >= 0.6 is 11.8 Å². The van der Waals surface area contributed by atoms with E-state index in [2.05, 4.69) is 10.6 Å². The Labute approximate surface area is 177 Å². The summed E-state index contributed by atoms with van der Waals surface area (Å²) in [4.78, 5) is 38.7. The molecule has 1 unspecified atom stereocenters. The molecule has 162 valence electrons. The molecule has 1 aromatic heterocycles. The van der Waals surface area contributed by atoms with Gasteiger partial charge in [0.15, 0.2) is 0 Å². The second-order valence-corrected chi connectivity index (χ2v) is 9.35. The van der Waals surface area contributed by atoms with E-state index in [0.717, 1.165) is 0 Å². The van der Waals surface area contributed by atoms with Crippen molar-refractivity contribution in [2.45, 2.75) is 50.3 Å². The molecule has 6 atom stereocenters. The molecule has 9 nitrogen and oxygen atoms in total. The number of rotatable bonds is 7. The number of thioether (sulfide) groups is 1. The van der Waals surface area contributed by atoms with Crippen molar-refractivity contribution in [2.24, 2.45) is 11.8 Å². The molecule has 3 aliphatic heterocycles. The summed E-state index contributed by atoms with van der Waals surface area (Å²) in [7, 11) is 0. The lowest BCUT2D eigenvalue weighted by atomic mass is 9.79.